The van der Waals surface area contributed by atoms with Gasteiger partial charge in [0.1, 0.15) is 12.6 Å². The zero-order chi connectivity index (χ0) is 30.4. The molecule has 1 fully saturated rings. The minimum atomic E-state index is -3.86. The van der Waals surface area contributed by atoms with Gasteiger partial charge in [-0.1, -0.05) is 90.6 Å². The molecule has 0 spiro atoms. The fourth-order valence-electron chi connectivity index (χ4n) is 5.53. The van der Waals surface area contributed by atoms with Crippen LogP contribution < -0.4 is 9.62 Å². The van der Waals surface area contributed by atoms with Crippen molar-refractivity contribution in [2.75, 3.05) is 17.1 Å². The fraction of sp³-hybridized carbons (Fsp3) is 0.375. The Morgan fingerprint density at radius 2 is 1.60 bits per heavy atom. The van der Waals surface area contributed by atoms with E-state index in [0.717, 1.165) is 52.9 Å². The Balaban J connectivity index is 1.77. The molecule has 0 aliphatic heterocycles. The van der Waals surface area contributed by atoms with Gasteiger partial charge in [0.05, 0.1) is 11.9 Å². The van der Waals surface area contributed by atoms with Gasteiger partial charge in [-0.05, 0) is 61.1 Å². The Morgan fingerprint density at radius 3 is 2.19 bits per heavy atom. The summed E-state index contributed by atoms with van der Waals surface area (Å²) in [6.07, 6.45) is 5.18. The number of hydrogen-bond donors (Lipinski definition) is 1. The van der Waals surface area contributed by atoms with Gasteiger partial charge in [-0.3, -0.25) is 13.9 Å². The van der Waals surface area contributed by atoms with Crippen molar-refractivity contribution in [3.05, 3.63) is 99.0 Å². The lowest BCUT2D eigenvalue weighted by Gasteiger charge is -2.34. The van der Waals surface area contributed by atoms with Crippen molar-refractivity contribution in [3.63, 3.8) is 0 Å². The lowest BCUT2D eigenvalue weighted by atomic mass is 10.0. The largest absolute Gasteiger partial charge is 0.352 e. The molecule has 224 valence electrons. The molecule has 0 radical (unpaired) electrons. The van der Waals surface area contributed by atoms with Gasteiger partial charge < -0.3 is 10.2 Å². The summed E-state index contributed by atoms with van der Waals surface area (Å²) < 4.78 is 27.3. The number of para-hydroxylation sites is 1. The van der Waals surface area contributed by atoms with Crippen LogP contribution in [0.25, 0.3) is 0 Å². The third-order valence-corrected chi connectivity index (χ3v) is 9.40. The van der Waals surface area contributed by atoms with Crippen LogP contribution in [-0.4, -0.2) is 50.0 Å². The van der Waals surface area contributed by atoms with Crippen LogP contribution in [0, 0.1) is 13.8 Å². The molecule has 1 N–H and O–H groups in total. The maximum atomic E-state index is 14.3. The third-order valence-electron chi connectivity index (χ3n) is 7.70. The minimum Gasteiger partial charge on any atom is -0.352 e. The highest BCUT2D eigenvalue weighted by Crippen LogP contribution is 2.29. The van der Waals surface area contributed by atoms with Crippen molar-refractivity contribution in [1.29, 1.82) is 0 Å². The molecule has 10 heteroatoms. The second-order valence-electron chi connectivity index (χ2n) is 11.0. The van der Waals surface area contributed by atoms with Crippen molar-refractivity contribution in [3.8, 4) is 0 Å². The van der Waals surface area contributed by atoms with E-state index in [2.05, 4.69) is 5.32 Å². The Bertz CT molecular complexity index is 1510. The van der Waals surface area contributed by atoms with E-state index >= 15 is 0 Å². The van der Waals surface area contributed by atoms with E-state index < -0.39 is 28.5 Å². The van der Waals surface area contributed by atoms with E-state index in [1.54, 1.807) is 18.2 Å². The average molecular weight is 631 g/mol. The summed E-state index contributed by atoms with van der Waals surface area (Å²) in [5.74, 6) is -0.793. The molecular formula is C32H37Cl2N3O4S. The Kier molecular flexibility index (Phi) is 10.6. The first kappa shape index (κ1) is 31.9. The highest BCUT2D eigenvalue weighted by molar-refractivity contribution is 7.92. The summed E-state index contributed by atoms with van der Waals surface area (Å²) in [5, 5.41) is 3.95. The average Bonchev–Trinajstić information content (AvgIpc) is 3.44. The summed E-state index contributed by atoms with van der Waals surface area (Å²) in [5.41, 5.74) is 3.37. The fourth-order valence-corrected chi connectivity index (χ4v) is 6.96. The van der Waals surface area contributed by atoms with Gasteiger partial charge in [0, 0.05) is 29.1 Å². The van der Waals surface area contributed by atoms with Crippen LogP contribution in [0.3, 0.4) is 0 Å². The number of nitrogens with one attached hydrogen (secondary N) is 1. The first-order valence-corrected chi connectivity index (χ1v) is 16.7. The van der Waals surface area contributed by atoms with Gasteiger partial charge in [-0.2, -0.15) is 0 Å². The molecule has 0 heterocycles. The molecule has 1 atom stereocenters. The normalized spacial score (nSPS) is 14.4. The minimum absolute atomic E-state index is 0.00518. The van der Waals surface area contributed by atoms with E-state index in [4.69, 9.17) is 23.2 Å². The molecule has 0 saturated heterocycles. The Morgan fingerprint density at radius 1 is 0.952 bits per heavy atom. The molecule has 4 rings (SSSR count). The highest BCUT2D eigenvalue weighted by atomic mass is 35.5. The van der Waals surface area contributed by atoms with Crippen LogP contribution in [0.4, 0.5) is 5.69 Å². The molecule has 2 amide bonds. The zero-order valence-electron chi connectivity index (χ0n) is 24.1. The van der Waals surface area contributed by atoms with Gasteiger partial charge >= 0.3 is 0 Å². The Hall–Kier alpha value is -3.07. The van der Waals surface area contributed by atoms with Crippen molar-refractivity contribution in [2.24, 2.45) is 0 Å². The van der Waals surface area contributed by atoms with E-state index in [1.807, 2.05) is 62.4 Å². The number of benzene rings is 3. The number of carbonyl (C=O) groups excluding carboxylic acids is 2. The van der Waals surface area contributed by atoms with Gasteiger partial charge in [-0.25, -0.2) is 8.42 Å². The number of aryl methyl sites for hydroxylation is 2. The summed E-state index contributed by atoms with van der Waals surface area (Å²) in [6, 6.07) is 19.1. The number of anilines is 1. The SMILES string of the molecule is Cc1cccc(C)c1N(CC(=O)N(Cc1ccc(Cl)cc1Cl)[C@@H](Cc1ccccc1)C(=O)NC1CCCC1)S(C)(=O)=O. The van der Waals surface area contributed by atoms with Crippen LogP contribution in [-0.2, 0) is 32.6 Å². The van der Waals surface area contributed by atoms with E-state index in [9.17, 15) is 18.0 Å². The summed E-state index contributed by atoms with van der Waals surface area (Å²) in [4.78, 5) is 29.7. The number of carbonyl (C=O) groups is 2. The molecule has 3 aromatic rings. The maximum Gasteiger partial charge on any atom is 0.244 e. The highest BCUT2D eigenvalue weighted by Gasteiger charge is 2.35. The molecule has 1 saturated carbocycles. The van der Waals surface area contributed by atoms with Crippen LogP contribution >= 0.6 is 23.2 Å². The van der Waals surface area contributed by atoms with Crippen molar-refractivity contribution in [2.45, 2.75) is 64.6 Å². The van der Waals surface area contributed by atoms with E-state index in [1.165, 1.54) is 4.90 Å². The molecule has 0 aromatic heterocycles. The summed E-state index contributed by atoms with van der Waals surface area (Å²) in [7, 11) is -3.86. The maximum absolute atomic E-state index is 14.3. The molecular weight excluding hydrogens is 593 g/mol. The molecule has 1 aliphatic rings. The van der Waals surface area contributed by atoms with Crippen molar-refractivity contribution in [1.82, 2.24) is 10.2 Å². The van der Waals surface area contributed by atoms with Crippen LogP contribution in [0.5, 0.6) is 0 Å². The number of rotatable bonds is 11. The number of nitrogens with zero attached hydrogens (tertiary/aromatic N) is 2. The third kappa shape index (κ3) is 8.06. The van der Waals surface area contributed by atoms with E-state index in [-0.39, 0.29) is 24.9 Å². The lowest BCUT2D eigenvalue weighted by molar-refractivity contribution is -0.140. The Labute approximate surface area is 258 Å². The smallest absolute Gasteiger partial charge is 0.244 e. The molecule has 0 unspecified atom stereocenters. The molecule has 3 aromatic carbocycles. The second-order valence-corrected chi connectivity index (χ2v) is 13.7. The topological polar surface area (TPSA) is 86.8 Å². The van der Waals surface area contributed by atoms with Crippen molar-refractivity contribution >= 4 is 50.7 Å². The van der Waals surface area contributed by atoms with Crippen LogP contribution in [0.2, 0.25) is 10.0 Å². The molecule has 0 bridgehead atoms. The van der Waals surface area contributed by atoms with Crippen molar-refractivity contribution < 1.29 is 18.0 Å². The number of amides is 2. The second kappa shape index (κ2) is 13.9. The standard InChI is InChI=1S/C32H37Cl2N3O4S/c1-22-10-9-11-23(2)31(22)37(42(3,40)41)21-30(38)36(20-25-16-17-26(33)19-28(25)34)29(18-24-12-5-4-6-13-24)32(39)35-27-14-7-8-15-27/h4-6,9-13,16-17,19,27,29H,7-8,14-15,18,20-21H2,1-3H3,(H,35,39)/t29-/m0/s1. The van der Waals surface area contributed by atoms with Gasteiger partial charge in [0.25, 0.3) is 0 Å². The molecule has 1 aliphatic carbocycles. The molecule has 7 nitrogen and oxygen atoms in total. The number of halogens is 2. The van der Waals surface area contributed by atoms with Gasteiger partial charge in [0.15, 0.2) is 0 Å². The number of sulfonamides is 1. The predicted octanol–water partition coefficient (Wildman–Crippen LogP) is 6.08. The van der Waals surface area contributed by atoms with Gasteiger partial charge in [0.2, 0.25) is 21.8 Å². The number of hydrogen-bond acceptors (Lipinski definition) is 4. The van der Waals surface area contributed by atoms with E-state index in [0.29, 0.717) is 21.3 Å². The molecule has 42 heavy (non-hydrogen) atoms. The lowest BCUT2D eigenvalue weighted by Crippen LogP contribution is -2.54. The first-order valence-electron chi connectivity index (χ1n) is 14.1. The zero-order valence-corrected chi connectivity index (χ0v) is 26.5. The van der Waals surface area contributed by atoms with Crippen LogP contribution in [0.15, 0.2) is 66.7 Å². The first-order chi connectivity index (χ1) is 19.9. The monoisotopic (exact) mass is 629 g/mol. The van der Waals surface area contributed by atoms with Crippen LogP contribution in [0.1, 0.15) is 47.9 Å². The predicted molar refractivity (Wildman–Crippen MR) is 169 cm³/mol. The van der Waals surface area contributed by atoms with Gasteiger partial charge in [-0.15, -0.1) is 0 Å². The summed E-state index contributed by atoms with van der Waals surface area (Å²) in [6.45, 7) is 3.14. The quantitative estimate of drug-likeness (QED) is 0.279. The summed E-state index contributed by atoms with van der Waals surface area (Å²) >= 11 is 12.7.